The summed E-state index contributed by atoms with van der Waals surface area (Å²) in [4.78, 5) is 16.1. The van der Waals surface area contributed by atoms with E-state index in [0.29, 0.717) is 11.4 Å². The fourth-order valence-corrected chi connectivity index (χ4v) is 1.77. The van der Waals surface area contributed by atoms with Gasteiger partial charge in [0.1, 0.15) is 5.69 Å². The summed E-state index contributed by atoms with van der Waals surface area (Å²) in [6.45, 7) is 3.79. The van der Waals surface area contributed by atoms with Crippen LogP contribution in [-0.2, 0) is 0 Å². The molecule has 20 heavy (non-hydrogen) atoms. The first-order valence-electron chi connectivity index (χ1n) is 6.49. The van der Waals surface area contributed by atoms with Crippen LogP contribution in [0.15, 0.2) is 30.6 Å². The maximum absolute atomic E-state index is 12.1. The first-order valence-corrected chi connectivity index (χ1v) is 6.49. The van der Waals surface area contributed by atoms with Gasteiger partial charge in [0.05, 0.1) is 18.3 Å². The fraction of sp³-hybridized carbons (Fsp3) is 0.357. The van der Waals surface area contributed by atoms with Crippen LogP contribution in [0.3, 0.4) is 0 Å². The molecule has 0 aliphatic carbocycles. The van der Waals surface area contributed by atoms with E-state index >= 15 is 0 Å². The van der Waals surface area contributed by atoms with Crippen LogP contribution in [0.4, 0.5) is 0 Å². The van der Waals surface area contributed by atoms with Gasteiger partial charge in [0.25, 0.3) is 5.91 Å². The lowest BCUT2D eigenvalue weighted by molar-refractivity contribution is 0.0892. The van der Waals surface area contributed by atoms with Crippen LogP contribution in [0.2, 0.25) is 0 Å². The molecule has 1 atom stereocenters. The summed E-state index contributed by atoms with van der Waals surface area (Å²) in [6, 6.07) is 5.08. The molecular formula is C14H18N4O2. The number of aliphatic hydroxyl groups is 1. The number of rotatable bonds is 5. The number of aromatic nitrogens is 3. The van der Waals surface area contributed by atoms with Crippen LogP contribution in [0.5, 0.6) is 0 Å². The number of nitrogens with one attached hydrogen (secondary N) is 2. The molecule has 0 radical (unpaired) electrons. The second-order valence-corrected chi connectivity index (χ2v) is 4.92. The van der Waals surface area contributed by atoms with E-state index in [0.717, 1.165) is 5.56 Å². The summed E-state index contributed by atoms with van der Waals surface area (Å²) in [5, 5.41) is 18.8. The number of hydrogen-bond acceptors (Lipinski definition) is 4. The van der Waals surface area contributed by atoms with Gasteiger partial charge in [0.15, 0.2) is 0 Å². The Morgan fingerprint density at radius 2 is 2.30 bits per heavy atom. The second kappa shape index (κ2) is 6.29. The number of hydrogen-bond donors (Lipinski definition) is 3. The molecule has 0 saturated heterocycles. The van der Waals surface area contributed by atoms with Gasteiger partial charge < -0.3 is 10.4 Å². The van der Waals surface area contributed by atoms with Gasteiger partial charge in [-0.1, -0.05) is 13.8 Å². The van der Waals surface area contributed by atoms with Crippen molar-refractivity contribution in [1.82, 2.24) is 20.5 Å². The van der Waals surface area contributed by atoms with Crippen molar-refractivity contribution < 1.29 is 9.90 Å². The molecule has 0 aliphatic heterocycles. The fourth-order valence-electron chi connectivity index (χ4n) is 1.77. The van der Waals surface area contributed by atoms with E-state index in [1.165, 1.54) is 0 Å². The molecule has 0 bridgehead atoms. The number of aliphatic hydroxyl groups excluding tert-OH is 1. The minimum atomic E-state index is -0.277. The summed E-state index contributed by atoms with van der Waals surface area (Å²) in [7, 11) is 0. The van der Waals surface area contributed by atoms with Gasteiger partial charge in [0, 0.05) is 18.0 Å². The number of H-pyrrole nitrogens is 1. The Kier molecular flexibility index (Phi) is 4.47. The SMILES string of the molecule is CC(C)[C@H](CO)NC(=O)c1cc(-c2cccnc2)n[nH]1. The van der Waals surface area contributed by atoms with Crippen LogP contribution in [0.1, 0.15) is 24.3 Å². The molecule has 0 unspecified atom stereocenters. The average Bonchev–Trinajstić information content (AvgIpc) is 2.95. The Morgan fingerprint density at radius 1 is 1.50 bits per heavy atom. The molecule has 0 saturated carbocycles. The molecule has 0 fully saturated rings. The summed E-state index contributed by atoms with van der Waals surface area (Å²) in [5.74, 6) is -0.120. The van der Waals surface area contributed by atoms with E-state index in [1.54, 1.807) is 18.5 Å². The highest BCUT2D eigenvalue weighted by atomic mass is 16.3. The monoisotopic (exact) mass is 274 g/mol. The maximum atomic E-state index is 12.1. The van der Waals surface area contributed by atoms with Crippen LogP contribution < -0.4 is 5.32 Å². The number of aromatic amines is 1. The topological polar surface area (TPSA) is 90.9 Å². The first kappa shape index (κ1) is 14.2. The summed E-state index contributed by atoms with van der Waals surface area (Å²) in [5.41, 5.74) is 1.86. The minimum Gasteiger partial charge on any atom is -0.394 e. The molecule has 1 amide bonds. The molecule has 0 aromatic carbocycles. The zero-order valence-electron chi connectivity index (χ0n) is 11.5. The lowest BCUT2D eigenvalue weighted by Gasteiger charge is -2.19. The number of amides is 1. The highest BCUT2D eigenvalue weighted by Gasteiger charge is 2.18. The zero-order chi connectivity index (χ0) is 14.5. The van der Waals surface area contributed by atoms with Crippen molar-refractivity contribution in [2.24, 2.45) is 5.92 Å². The summed E-state index contributed by atoms with van der Waals surface area (Å²) in [6.07, 6.45) is 3.36. The Bertz CT molecular complexity index is 566. The third kappa shape index (κ3) is 3.21. The lowest BCUT2D eigenvalue weighted by atomic mass is 10.1. The summed E-state index contributed by atoms with van der Waals surface area (Å²) < 4.78 is 0. The van der Waals surface area contributed by atoms with Crippen LogP contribution >= 0.6 is 0 Å². The van der Waals surface area contributed by atoms with Crippen molar-refractivity contribution in [3.8, 4) is 11.3 Å². The van der Waals surface area contributed by atoms with Crippen molar-refractivity contribution >= 4 is 5.91 Å². The second-order valence-electron chi connectivity index (χ2n) is 4.92. The molecular weight excluding hydrogens is 256 g/mol. The van der Waals surface area contributed by atoms with Crippen LogP contribution in [-0.4, -0.2) is 38.8 Å². The van der Waals surface area contributed by atoms with Crippen molar-refractivity contribution in [3.05, 3.63) is 36.3 Å². The molecule has 106 valence electrons. The van der Waals surface area contributed by atoms with Gasteiger partial charge in [-0.05, 0) is 24.1 Å². The standard InChI is InChI=1S/C14H18N4O2/c1-9(2)13(8-19)16-14(20)12-6-11(17-18-12)10-4-3-5-15-7-10/h3-7,9,13,19H,8H2,1-2H3,(H,16,20)(H,17,18)/t13-/m0/s1. The largest absolute Gasteiger partial charge is 0.394 e. The van der Waals surface area contributed by atoms with E-state index in [2.05, 4.69) is 20.5 Å². The Morgan fingerprint density at radius 3 is 2.90 bits per heavy atom. The van der Waals surface area contributed by atoms with Crippen molar-refractivity contribution in [1.29, 1.82) is 0 Å². The van der Waals surface area contributed by atoms with Crippen LogP contribution in [0.25, 0.3) is 11.3 Å². The Hall–Kier alpha value is -2.21. The van der Waals surface area contributed by atoms with Crippen LogP contribution in [0, 0.1) is 5.92 Å². The van der Waals surface area contributed by atoms with Gasteiger partial charge in [-0.2, -0.15) is 5.10 Å². The average molecular weight is 274 g/mol. The number of carbonyl (C=O) groups is 1. The minimum absolute atomic E-state index is 0.0903. The molecule has 2 aromatic heterocycles. The first-order chi connectivity index (χ1) is 9.61. The van der Waals surface area contributed by atoms with Gasteiger partial charge in [-0.3, -0.25) is 14.9 Å². The van der Waals surface area contributed by atoms with Gasteiger partial charge >= 0.3 is 0 Å². The molecule has 2 heterocycles. The molecule has 0 aliphatic rings. The lowest BCUT2D eigenvalue weighted by Crippen LogP contribution is -2.41. The Labute approximate surface area is 117 Å². The predicted octanol–water partition coefficient (Wildman–Crippen LogP) is 1.22. The Balaban J connectivity index is 2.11. The van der Waals surface area contributed by atoms with Gasteiger partial charge in [-0.25, -0.2) is 0 Å². The zero-order valence-corrected chi connectivity index (χ0v) is 11.5. The van der Waals surface area contributed by atoms with E-state index in [4.69, 9.17) is 0 Å². The van der Waals surface area contributed by atoms with E-state index < -0.39 is 0 Å². The van der Waals surface area contributed by atoms with Crippen molar-refractivity contribution in [3.63, 3.8) is 0 Å². The third-order valence-corrected chi connectivity index (χ3v) is 3.10. The number of pyridine rings is 1. The normalized spacial score (nSPS) is 12.4. The predicted molar refractivity (Wildman–Crippen MR) is 75.0 cm³/mol. The molecule has 0 spiro atoms. The molecule has 2 rings (SSSR count). The highest BCUT2D eigenvalue weighted by molar-refractivity contribution is 5.93. The number of nitrogens with zero attached hydrogens (tertiary/aromatic N) is 2. The number of carbonyl (C=O) groups excluding carboxylic acids is 1. The highest BCUT2D eigenvalue weighted by Crippen LogP contribution is 2.16. The quantitative estimate of drug-likeness (QED) is 0.764. The molecule has 3 N–H and O–H groups in total. The molecule has 2 aromatic rings. The van der Waals surface area contributed by atoms with E-state index in [9.17, 15) is 9.90 Å². The van der Waals surface area contributed by atoms with Gasteiger partial charge in [-0.15, -0.1) is 0 Å². The van der Waals surface area contributed by atoms with E-state index in [1.807, 2.05) is 26.0 Å². The van der Waals surface area contributed by atoms with Crippen molar-refractivity contribution in [2.75, 3.05) is 6.61 Å². The van der Waals surface area contributed by atoms with E-state index in [-0.39, 0.29) is 24.5 Å². The maximum Gasteiger partial charge on any atom is 0.269 e. The molecule has 6 nitrogen and oxygen atoms in total. The smallest absolute Gasteiger partial charge is 0.269 e. The van der Waals surface area contributed by atoms with Gasteiger partial charge in [0.2, 0.25) is 0 Å². The van der Waals surface area contributed by atoms with Crippen molar-refractivity contribution in [2.45, 2.75) is 19.9 Å². The summed E-state index contributed by atoms with van der Waals surface area (Å²) >= 11 is 0. The molecule has 6 heteroatoms. The third-order valence-electron chi connectivity index (χ3n) is 3.10.